The lowest BCUT2D eigenvalue weighted by atomic mass is 9.94. The van der Waals surface area contributed by atoms with Gasteiger partial charge in [0, 0.05) is 10.2 Å². The molecule has 1 unspecified atom stereocenters. The number of hydrogen-bond acceptors (Lipinski definition) is 2. The Hall–Kier alpha value is -0.250. The van der Waals surface area contributed by atoms with Crippen LogP contribution in [-0.2, 0) is 4.74 Å². The smallest absolute Gasteiger partial charge is 0.0834 e. The quantitative estimate of drug-likeness (QED) is 0.835. The Kier molecular flexibility index (Phi) is 3.69. The maximum atomic E-state index is 6.11. The number of benzene rings is 1. The SMILES string of the molecule is CC1(C)CC(Nc2ccc(Br)c(Cl)c2)C(C)(C)O1. The average molecular weight is 333 g/mol. The standard InChI is InChI=1S/C14H19BrClNO/c1-13(2)8-12(14(3,4)18-13)17-9-5-6-10(15)11(16)7-9/h5-7,12,17H,8H2,1-4H3. The molecule has 1 N–H and O–H groups in total. The molecular weight excluding hydrogens is 314 g/mol. The molecule has 0 aliphatic carbocycles. The number of halogens is 2. The Morgan fingerprint density at radius 2 is 2.00 bits per heavy atom. The van der Waals surface area contributed by atoms with Crippen LogP contribution in [0.15, 0.2) is 22.7 Å². The molecule has 1 saturated heterocycles. The van der Waals surface area contributed by atoms with Crippen molar-refractivity contribution in [3.8, 4) is 0 Å². The van der Waals surface area contributed by atoms with E-state index in [1.54, 1.807) is 0 Å². The summed E-state index contributed by atoms with van der Waals surface area (Å²) in [6, 6.07) is 6.20. The molecule has 0 saturated carbocycles. The molecule has 2 nitrogen and oxygen atoms in total. The molecule has 4 heteroatoms. The van der Waals surface area contributed by atoms with Crippen molar-refractivity contribution in [1.29, 1.82) is 0 Å². The lowest BCUT2D eigenvalue weighted by Crippen LogP contribution is -2.38. The third kappa shape index (κ3) is 3.01. The van der Waals surface area contributed by atoms with Crippen LogP contribution in [0.25, 0.3) is 0 Å². The van der Waals surface area contributed by atoms with Gasteiger partial charge in [0.2, 0.25) is 0 Å². The second-order valence-corrected chi connectivity index (χ2v) is 7.26. The van der Waals surface area contributed by atoms with E-state index in [0.29, 0.717) is 0 Å². The van der Waals surface area contributed by atoms with Gasteiger partial charge in [-0.1, -0.05) is 11.6 Å². The second-order valence-electron chi connectivity index (χ2n) is 6.00. The molecular formula is C14H19BrClNO. The van der Waals surface area contributed by atoms with Crippen molar-refractivity contribution < 1.29 is 4.74 Å². The minimum Gasteiger partial charge on any atom is -0.379 e. The third-order valence-corrected chi connectivity index (χ3v) is 4.57. The highest BCUT2D eigenvalue weighted by molar-refractivity contribution is 9.10. The van der Waals surface area contributed by atoms with Gasteiger partial charge < -0.3 is 10.1 Å². The van der Waals surface area contributed by atoms with Gasteiger partial charge in [-0.2, -0.15) is 0 Å². The van der Waals surface area contributed by atoms with E-state index >= 15 is 0 Å². The first-order valence-electron chi connectivity index (χ1n) is 6.11. The van der Waals surface area contributed by atoms with Crippen molar-refractivity contribution in [2.75, 3.05) is 5.32 Å². The van der Waals surface area contributed by atoms with Crippen molar-refractivity contribution in [3.05, 3.63) is 27.7 Å². The zero-order valence-electron chi connectivity index (χ0n) is 11.2. The van der Waals surface area contributed by atoms with Crippen molar-refractivity contribution in [2.24, 2.45) is 0 Å². The van der Waals surface area contributed by atoms with Crippen LogP contribution in [0, 0.1) is 0 Å². The van der Waals surface area contributed by atoms with Gasteiger partial charge in [-0.15, -0.1) is 0 Å². The number of nitrogens with one attached hydrogen (secondary N) is 1. The average Bonchev–Trinajstić information content (AvgIpc) is 2.40. The van der Waals surface area contributed by atoms with Gasteiger partial charge in [0.1, 0.15) is 0 Å². The Morgan fingerprint density at radius 1 is 1.33 bits per heavy atom. The molecule has 0 bridgehead atoms. The van der Waals surface area contributed by atoms with Gasteiger partial charge in [-0.25, -0.2) is 0 Å². The molecule has 18 heavy (non-hydrogen) atoms. The fraction of sp³-hybridized carbons (Fsp3) is 0.571. The molecule has 1 atom stereocenters. The Morgan fingerprint density at radius 3 is 2.50 bits per heavy atom. The first-order valence-corrected chi connectivity index (χ1v) is 7.28. The summed E-state index contributed by atoms with van der Waals surface area (Å²) in [4.78, 5) is 0. The molecule has 2 rings (SSSR count). The van der Waals surface area contributed by atoms with Gasteiger partial charge in [0.25, 0.3) is 0 Å². The topological polar surface area (TPSA) is 21.3 Å². The third-order valence-electron chi connectivity index (χ3n) is 3.33. The highest BCUT2D eigenvalue weighted by Gasteiger charge is 2.45. The van der Waals surface area contributed by atoms with Crippen LogP contribution in [0.4, 0.5) is 5.69 Å². The number of rotatable bonds is 2. The monoisotopic (exact) mass is 331 g/mol. The summed E-state index contributed by atoms with van der Waals surface area (Å²) in [7, 11) is 0. The first kappa shape index (κ1) is 14.2. The lowest BCUT2D eigenvalue weighted by Gasteiger charge is -2.28. The van der Waals surface area contributed by atoms with E-state index < -0.39 is 0 Å². The van der Waals surface area contributed by atoms with Crippen LogP contribution >= 0.6 is 27.5 Å². The highest BCUT2D eigenvalue weighted by atomic mass is 79.9. The van der Waals surface area contributed by atoms with E-state index in [1.807, 2.05) is 18.2 Å². The molecule has 0 radical (unpaired) electrons. The summed E-state index contributed by atoms with van der Waals surface area (Å²) in [5.74, 6) is 0. The van der Waals surface area contributed by atoms with Crippen LogP contribution in [-0.4, -0.2) is 17.2 Å². The molecule has 1 fully saturated rings. The maximum absolute atomic E-state index is 6.11. The fourth-order valence-corrected chi connectivity index (χ4v) is 3.00. The van der Waals surface area contributed by atoms with Gasteiger partial charge in [0.15, 0.2) is 0 Å². The predicted molar refractivity (Wildman–Crippen MR) is 80.4 cm³/mol. The van der Waals surface area contributed by atoms with E-state index in [2.05, 4.69) is 48.9 Å². The van der Waals surface area contributed by atoms with Crippen LogP contribution in [0.3, 0.4) is 0 Å². The molecule has 1 aliphatic rings. The van der Waals surface area contributed by atoms with E-state index in [-0.39, 0.29) is 17.2 Å². The van der Waals surface area contributed by atoms with Crippen LogP contribution in [0.5, 0.6) is 0 Å². The number of anilines is 1. The van der Waals surface area contributed by atoms with Crippen LogP contribution in [0.2, 0.25) is 5.02 Å². The van der Waals surface area contributed by atoms with Gasteiger partial charge in [-0.3, -0.25) is 0 Å². The summed E-state index contributed by atoms with van der Waals surface area (Å²) in [5, 5.41) is 4.24. The number of hydrogen-bond donors (Lipinski definition) is 1. The molecule has 0 amide bonds. The summed E-state index contributed by atoms with van der Waals surface area (Å²) < 4.78 is 6.98. The van der Waals surface area contributed by atoms with Gasteiger partial charge in [0.05, 0.1) is 22.3 Å². The summed E-state index contributed by atoms with van der Waals surface area (Å²) in [5.41, 5.74) is 0.770. The molecule has 1 aromatic carbocycles. The van der Waals surface area contributed by atoms with E-state index in [1.165, 1.54) is 0 Å². The molecule has 1 aromatic rings. The van der Waals surface area contributed by atoms with Crippen molar-refractivity contribution >= 4 is 33.2 Å². The summed E-state index contributed by atoms with van der Waals surface area (Å²) in [6.07, 6.45) is 0.980. The molecule has 1 aliphatic heterocycles. The minimum absolute atomic E-state index is 0.0830. The molecule has 0 aromatic heterocycles. The second kappa shape index (κ2) is 4.69. The van der Waals surface area contributed by atoms with Gasteiger partial charge in [-0.05, 0) is 68.2 Å². The van der Waals surface area contributed by atoms with Crippen molar-refractivity contribution in [2.45, 2.75) is 51.4 Å². The molecule has 100 valence electrons. The van der Waals surface area contributed by atoms with Crippen molar-refractivity contribution in [3.63, 3.8) is 0 Å². The Balaban J connectivity index is 2.16. The predicted octanol–water partition coefficient (Wildman–Crippen LogP) is 4.86. The number of ether oxygens (including phenoxy) is 1. The largest absolute Gasteiger partial charge is 0.379 e. The Bertz CT molecular complexity index is 459. The maximum Gasteiger partial charge on any atom is 0.0834 e. The fourth-order valence-electron chi connectivity index (χ4n) is 2.57. The Labute approximate surface area is 122 Å². The minimum atomic E-state index is -0.178. The van der Waals surface area contributed by atoms with Gasteiger partial charge >= 0.3 is 0 Å². The van der Waals surface area contributed by atoms with Crippen LogP contribution < -0.4 is 5.32 Å². The summed E-state index contributed by atoms with van der Waals surface area (Å²) >= 11 is 9.51. The molecule has 0 spiro atoms. The van der Waals surface area contributed by atoms with E-state index in [4.69, 9.17) is 16.3 Å². The van der Waals surface area contributed by atoms with E-state index in [9.17, 15) is 0 Å². The molecule has 1 heterocycles. The highest BCUT2D eigenvalue weighted by Crippen LogP contribution is 2.39. The lowest BCUT2D eigenvalue weighted by molar-refractivity contribution is -0.0662. The van der Waals surface area contributed by atoms with E-state index in [0.717, 1.165) is 21.6 Å². The summed E-state index contributed by atoms with van der Waals surface area (Å²) in [6.45, 7) is 8.51. The van der Waals surface area contributed by atoms with Crippen molar-refractivity contribution in [1.82, 2.24) is 0 Å². The normalized spacial score (nSPS) is 25.1. The zero-order chi connectivity index (χ0) is 13.6. The van der Waals surface area contributed by atoms with Crippen LogP contribution in [0.1, 0.15) is 34.1 Å². The zero-order valence-corrected chi connectivity index (χ0v) is 13.5. The first-order chi connectivity index (χ1) is 8.20.